The quantitative estimate of drug-likeness (QED) is 0.832. The molecule has 0 saturated heterocycles. The predicted octanol–water partition coefficient (Wildman–Crippen LogP) is 2.58. The first-order chi connectivity index (χ1) is 11.1. The number of pyridine rings is 1. The van der Waals surface area contributed by atoms with E-state index < -0.39 is 12.0 Å². The van der Waals surface area contributed by atoms with Crippen LogP contribution in [0.5, 0.6) is 0 Å². The Kier molecular flexibility index (Phi) is 5.86. The summed E-state index contributed by atoms with van der Waals surface area (Å²) in [5.74, 6) is -0.835. The van der Waals surface area contributed by atoms with Crippen LogP contribution in [0.4, 0.5) is 0 Å². The van der Waals surface area contributed by atoms with E-state index >= 15 is 0 Å². The topological polar surface area (TPSA) is 68.3 Å². The zero-order valence-corrected chi connectivity index (χ0v) is 13.2. The Balaban J connectivity index is 1.97. The molecule has 1 heterocycles. The van der Waals surface area contributed by atoms with Gasteiger partial charge in [0, 0.05) is 18.0 Å². The average Bonchev–Trinajstić information content (AvgIpc) is 2.58. The molecule has 0 radical (unpaired) electrons. The van der Waals surface area contributed by atoms with E-state index in [2.05, 4.69) is 10.3 Å². The molecule has 2 aromatic rings. The lowest BCUT2D eigenvalue weighted by Crippen LogP contribution is -2.45. The van der Waals surface area contributed by atoms with Crippen LogP contribution in [-0.4, -0.2) is 22.9 Å². The van der Waals surface area contributed by atoms with E-state index in [4.69, 9.17) is 4.74 Å². The molecule has 0 spiro atoms. The lowest BCUT2D eigenvalue weighted by Gasteiger charge is -2.21. The Bertz CT molecular complexity index is 642. The highest BCUT2D eigenvalue weighted by molar-refractivity contribution is 5.96. The van der Waals surface area contributed by atoms with Crippen LogP contribution in [0, 0.1) is 5.92 Å². The number of amides is 1. The maximum Gasteiger partial charge on any atom is 0.329 e. The summed E-state index contributed by atoms with van der Waals surface area (Å²) in [4.78, 5) is 28.3. The van der Waals surface area contributed by atoms with Crippen LogP contribution >= 0.6 is 0 Å². The standard InChI is InChI=1S/C18H20N2O3/c1-13(2)16(20-17(21)15-8-10-19-11-9-15)18(22)23-12-14-6-4-3-5-7-14/h3-11,13,16H,12H2,1-2H3,(H,20,21)/t16-/m0/s1. The van der Waals surface area contributed by atoms with Crippen LogP contribution < -0.4 is 5.32 Å². The summed E-state index contributed by atoms with van der Waals surface area (Å²) >= 11 is 0. The van der Waals surface area contributed by atoms with Gasteiger partial charge in [-0.15, -0.1) is 0 Å². The SMILES string of the molecule is CC(C)[C@H](NC(=O)c1ccncc1)C(=O)OCc1ccccc1. The zero-order valence-electron chi connectivity index (χ0n) is 13.2. The Morgan fingerprint density at radius 2 is 1.74 bits per heavy atom. The molecule has 120 valence electrons. The number of rotatable bonds is 6. The van der Waals surface area contributed by atoms with Crippen LogP contribution in [0.15, 0.2) is 54.9 Å². The highest BCUT2D eigenvalue weighted by atomic mass is 16.5. The number of esters is 1. The summed E-state index contributed by atoms with van der Waals surface area (Å²) in [6, 6.07) is 11.9. The Labute approximate surface area is 135 Å². The van der Waals surface area contributed by atoms with Crippen LogP contribution in [0.2, 0.25) is 0 Å². The molecular formula is C18H20N2O3. The molecular weight excluding hydrogens is 292 g/mol. The number of aromatic nitrogens is 1. The van der Waals surface area contributed by atoms with Crippen LogP contribution in [0.1, 0.15) is 29.8 Å². The van der Waals surface area contributed by atoms with E-state index in [1.165, 1.54) is 12.4 Å². The second kappa shape index (κ2) is 8.08. The lowest BCUT2D eigenvalue weighted by atomic mass is 10.0. The van der Waals surface area contributed by atoms with Gasteiger partial charge in [0.2, 0.25) is 0 Å². The van der Waals surface area contributed by atoms with E-state index in [-0.39, 0.29) is 18.4 Å². The highest BCUT2D eigenvalue weighted by Gasteiger charge is 2.26. The molecule has 5 heteroatoms. The van der Waals surface area contributed by atoms with Crippen molar-refractivity contribution in [2.75, 3.05) is 0 Å². The fourth-order valence-electron chi connectivity index (χ4n) is 2.04. The molecule has 1 aromatic carbocycles. The third-order valence-corrected chi connectivity index (χ3v) is 3.37. The number of carbonyl (C=O) groups excluding carboxylic acids is 2. The normalized spacial score (nSPS) is 11.8. The number of ether oxygens (including phenoxy) is 1. The number of hydrogen-bond acceptors (Lipinski definition) is 4. The largest absolute Gasteiger partial charge is 0.459 e. The summed E-state index contributed by atoms with van der Waals surface area (Å²) < 4.78 is 5.32. The minimum absolute atomic E-state index is 0.0796. The zero-order chi connectivity index (χ0) is 16.7. The number of benzene rings is 1. The van der Waals surface area contributed by atoms with Gasteiger partial charge in [0.05, 0.1) is 0 Å². The number of nitrogens with one attached hydrogen (secondary N) is 1. The van der Waals surface area contributed by atoms with Gasteiger partial charge in [-0.05, 0) is 23.6 Å². The first-order valence-corrected chi connectivity index (χ1v) is 7.49. The monoisotopic (exact) mass is 312 g/mol. The molecule has 2 rings (SSSR count). The van der Waals surface area contributed by atoms with Crippen LogP contribution in [-0.2, 0) is 16.1 Å². The molecule has 0 aliphatic rings. The summed E-state index contributed by atoms with van der Waals surface area (Å²) in [6.45, 7) is 3.91. The van der Waals surface area contributed by atoms with Gasteiger partial charge in [-0.3, -0.25) is 9.78 Å². The molecule has 1 amide bonds. The molecule has 1 N–H and O–H groups in total. The number of nitrogens with zero attached hydrogens (tertiary/aromatic N) is 1. The Morgan fingerprint density at radius 1 is 1.09 bits per heavy atom. The molecule has 0 aliphatic heterocycles. The van der Waals surface area contributed by atoms with Crippen molar-refractivity contribution in [1.82, 2.24) is 10.3 Å². The van der Waals surface area contributed by atoms with Crippen molar-refractivity contribution in [3.63, 3.8) is 0 Å². The van der Waals surface area contributed by atoms with Crippen molar-refractivity contribution in [1.29, 1.82) is 0 Å². The first-order valence-electron chi connectivity index (χ1n) is 7.49. The van der Waals surface area contributed by atoms with Crippen molar-refractivity contribution in [3.05, 3.63) is 66.0 Å². The van der Waals surface area contributed by atoms with Crippen LogP contribution in [0.25, 0.3) is 0 Å². The molecule has 0 aliphatic carbocycles. The van der Waals surface area contributed by atoms with Gasteiger partial charge in [0.15, 0.2) is 0 Å². The molecule has 5 nitrogen and oxygen atoms in total. The first kappa shape index (κ1) is 16.7. The van der Waals surface area contributed by atoms with Gasteiger partial charge in [0.25, 0.3) is 5.91 Å². The fourth-order valence-corrected chi connectivity index (χ4v) is 2.04. The van der Waals surface area contributed by atoms with E-state index in [0.717, 1.165) is 5.56 Å². The highest BCUT2D eigenvalue weighted by Crippen LogP contribution is 2.09. The summed E-state index contributed by atoms with van der Waals surface area (Å²) in [7, 11) is 0. The minimum Gasteiger partial charge on any atom is -0.459 e. The number of hydrogen-bond donors (Lipinski definition) is 1. The van der Waals surface area contributed by atoms with Gasteiger partial charge < -0.3 is 10.1 Å². The smallest absolute Gasteiger partial charge is 0.329 e. The number of carbonyl (C=O) groups is 2. The summed E-state index contributed by atoms with van der Waals surface area (Å²) in [5.41, 5.74) is 1.37. The summed E-state index contributed by atoms with van der Waals surface area (Å²) in [6.07, 6.45) is 3.07. The van der Waals surface area contributed by atoms with Crippen molar-refractivity contribution in [2.24, 2.45) is 5.92 Å². The summed E-state index contributed by atoms with van der Waals surface area (Å²) in [5, 5.41) is 2.73. The molecule has 0 unspecified atom stereocenters. The van der Waals surface area contributed by atoms with Crippen molar-refractivity contribution >= 4 is 11.9 Å². The Morgan fingerprint density at radius 3 is 2.35 bits per heavy atom. The van der Waals surface area contributed by atoms with Crippen molar-refractivity contribution in [2.45, 2.75) is 26.5 Å². The van der Waals surface area contributed by atoms with Gasteiger partial charge in [-0.1, -0.05) is 44.2 Å². The predicted molar refractivity (Wildman–Crippen MR) is 86.6 cm³/mol. The van der Waals surface area contributed by atoms with Crippen LogP contribution in [0.3, 0.4) is 0 Å². The van der Waals surface area contributed by atoms with Crippen molar-refractivity contribution < 1.29 is 14.3 Å². The molecule has 23 heavy (non-hydrogen) atoms. The molecule has 0 fully saturated rings. The fraction of sp³-hybridized carbons (Fsp3) is 0.278. The molecule has 1 aromatic heterocycles. The van der Waals surface area contributed by atoms with E-state index in [0.29, 0.717) is 5.56 Å². The average molecular weight is 312 g/mol. The van der Waals surface area contributed by atoms with Gasteiger partial charge in [-0.2, -0.15) is 0 Å². The lowest BCUT2D eigenvalue weighted by molar-refractivity contribution is -0.148. The van der Waals surface area contributed by atoms with Gasteiger partial charge in [-0.25, -0.2) is 4.79 Å². The molecule has 1 atom stereocenters. The maximum atomic E-state index is 12.3. The third-order valence-electron chi connectivity index (χ3n) is 3.37. The van der Waals surface area contributed by atoms with E-state index in [9.17, 15) is 9.59 Å². The molecule has 0 bridgehead atoms. The molecule has 0 saturated carbocycles. The van der Waals surface area contributed by atoms with E-state index in [1.807, 2.05) is 44.2 Å². The van der Waals surface area contributed by atoms with E-state index in [1.54, 1.807) is 12.1 Å². The third kappa shape index (κ3) is 4.92. The minimum atomic E-state index is -0.695. The van der Waals surface area contributed by atoms with Crippen molar-refractivity contribution in [3.8, 4) is 0 Å². The maximum absolute atomic E-state index is 12.3. The van der Waals surface area contributed by atoms with Gasteiger partial charge in [0.1, 0.15) is 12.6 Å². The second-order valence-corrected chi connectivity index (χ2v) is 5.52. The second-order valence-electron chi connectivity index (χ2n) is 5.52. The van der Waals surface area contributed by atoms with Gasteiger partial charge >= 0.3 is 5.97 Å². The Hall–Kier alpha value is -2.69.